The highest BCUT2D eigenvalue weighted by atomic mass is 32.2. The molecule has 0 spiro atoms. The lowest BCUT2D eigenvalue weighted by atomic mass is 9.91. The summed E-state index contributed by atoms with van der Waals surface area (Å²) in [6.07, 6.45) is -14.3. The van der Waals surface area contributed by atoms with Gasteiger partial charge in [-0.3, -0.25) is 9.00 Å². The number of benzene rings is 2. The lowest BCUT2D eigenvalue weighted by molar-refractivity contribution is -0.260. The summed E-state index contributed by atoms with van der Waals surface area (Å²) < 4.78 is 132. The van der Waals surface area contributed by atoms with Crippen molar-refractivity contribution in [3.8, 4) is 0 Å². The summed E-state index contributed by atoms with van der Waals surface area (Å²) >= 11 is 0. The van der Waals surface area contributed by atoms with Gasteiger partial charge in [0.2, 0.25) is 11.5 Å². The van der Waals surface area contributed by atoms with Crippen molar-refractivity contribution in [2.75, 3.05) is 23.9 Å². The molecule has 0 aromatic heterocycles. The summed E-state index contributed by atoms with van der Waals surface area (Å²) in [4.78, 5) is 11.6. The van der Waals surface area contributed by atoms with Crippen molar-refractivity contribution in [2.24, 2.45) is 0 Å². The van der Waals surface area contributed by atoms with Crippen molar-refractivity contribution in [2.45, 2.75) is 30.7 Å². The largest absolute Gasteiger partial charge is 0.423 e. The number of rotatable bonds is 8. The van der Waals surface area contributed by atoms with Crippen LogP contribution in [0.15, 0.2) is 42.5 Å². The van der Waals surface area contributed by atoms with Gasteiger partial charge >= 0.3 is 18.5 Å². The Balaban J connectivity index is 2.35. The molecule has 200 valence electrons. The first-order valence-corrected chi connectivity index (χ1v) is 11.5. The standard InChI is InChI=1S/C21H19F9N2O3S/c1-36(35)10-17(33)31-9-12-5-6-15(8-16(12)20(25,26)27)32-11-18(34,21(28,29)30)13-3-2-4-14(7-13)19(22,23)24/h2-8,32,34H,9-11H2,1H3,(H,31,33)/t18-,36+/m1/s1. The summed E-state index contributed by atoms with van der Waals surface area (Å²) in [6.45, 7) is -2.13. The van der Waals surface area contributed by atoms with E-state index in [1.165, 1.54) is 6.26 Å². The Morgan fingerprint density at radius 3 is 2.06 bits per heavy atom. The molecule has 0 aliphatic carbocycles. The Bertz CT molecular complexity index is 1120. The van der Waals surface area contributed by atoms with Crippen molar-refractivity contribution in [3.63, 3.8) is 0 Å². The molecule has 2 aromatic carbocycles. The van der Waals surface area contributed by atoms with Crippen LogP contribution in [0.3, 0.4) is 0 Å². The van der Waals surface area contributed by atoms with Crippen LogP contribution >= 0.6 is 0 Å². The SMILES string of the molecule is C[S@](=O)CC(=O)NCc1ccc(NC[C@@](O)(c2cccc(C(F)(F)F)c2)C(F)(F)F)cc1C(F)(F)F. The third-order valence-electron chi connectivity index (χ3n) is 4.91. The average Bonchev–Trinajstić information content (AvgIpc) is 2.74. The fourth-order valence-corrected chi connectivity index (χ4v) is 3.55. The second-order valence-corrected chi connectivity index (χ2v) is 9.09. The molecule has 0 aliphatic heterocycles. The van der Waals surface area contributed by atoms with Crippen LogP contribution in [0.2, 0.25) is 0 Å². The second kappa shape index (κ2) is 10.7. The fraction of sp³-hybridized carbons (Fsp3) is 0.381. The van der Waals surface area contributed by atoms with Crippen LogP contribution < -0.4 is 10.6 Å². The highest BCUT2D eigenvalue weighted by molar-refractivity contribution is 7.85. The molecule has 0 radical (unpaired) electrons. The van der Waals surface area contributed by atoms with E-state index in [4.69, 9.17) is 0 Å². The molecule has 0 heterocycles. The molecule has 0 fully saturated rings. The number of alkyl halides is 9. The first-order valence-electron chi connectivity index (χ1n) is 9.82. The summed E-state index contributed by atoms with van der Waals surface area (Å²) in [5, 5.41) is 14.5. The first-order chi connectivity index (χ1) is 16.3. The minimum Gasteiger partial charge on any atom is -0.381 e. The normalized spacial score (nSPS) is 15.2. The maximum atomic E-state index is 13.7. The van der Waals surface area contributed by atoms with Crippen molar-refractivity contribution in [1.29, 1.82) is 0 Å². The number of carbonyl (C=O) groups excluding carboxylic acids is 1. The van der Waals surface area contributed by atoms with Crippen LogP contribution in [0.5, 0.6) is 0 Å². The van der Waals surface area contributed by atoms with Gasteiger partial charge in [-0.2, -0.15) is 39.5 Å². The number of hydrogen-bond donors (Lipinski definition) is 3. The quantitative estimate of drug-likeness (QED) is 0.421. The summed E-state index contributed by atoms with van der Waals surface area (Å²) in [7, 11) is -1.54. The lowest BCUT2D eigenvalue weighted by Crippen LogP contribution is -2.48. The molecule has 0 saturated heterocycles. The molecule has 2 atom stereocenters. The predicted octanol–water partition coefficient (Wildman–Crippen LogP) is 4.58. The van der Waals surface area contributed by atoms with Gasteiger partial charge in [0.1, 0.15) is 5.75 Å². The summed E-state index contributed by atoms with van der Waals surface area (Å²) in [5.41, 5.74) is -8.80. The molecule has 1 amide bonds. The molecule has 0 saturated carbocycles. The minimum atomic E-state index is -5.50. The van der Waals surface area contributed by atoms with E-state index in [9.17, 15) is 53.6 Å². The number of hydrogen-bond acceptors (Lipinski definition) is 4. The molecule has 36 heavy (non-hydrogen) atoms. The van der Waals surface area contributed by atoms with E-state index in [-0.39, 0.29) is 6.07 Å². The van der Waals surface area contributed by atoms with Gasteiger partial charge in [-0.25, -0.2) is 0 Å². The number of amides is 1. The van der Waals surface area contributed by atoms with E-state index >= 15 is 0 Å². The molecule has 3 N–H and O–H groups in total. The third-order valence-corrected chi connectivity index (χ3v) is 5.58. The van der Waals surface area contributed by atoms with Crippen molar-refractivity contribution < 1.29 is 53.6 Å². The highest BCUT2D eigenvalue weighted by Crippen LogP contribution is 2.41. The van der Waals surface area contributed by atoms with E-state index < -0.39 is 87.6 Å². The Kier molecular flexibility index (Phi) is 8.71. The predicted molar refractivity (Wildman–Crippen MR) is 112 cm³/mol. The van der Waals surface area contributed by atoms with Gasteiger partial charge < -0.3 is 15.7 Å². The van der Waals surface area contributed by atoms with Gasteiger partial charge in [0, 0.05) is 29.3 Å². The molecule has 0 bridgehead atoms. The molecule has 2 aromatic rings. The lowest BCUT2D eigenvalue weighted by Gasteiger charge is -2.32. The zero-order valence-electron chi connectivity index (χ0n) is 18.2. The molecule has 0 aliphatic rings. The Hall–Kier alpha value is -2.81. The van der Waals surface area contributed by atoms with Crippen molar-refractivity contribution in [1.82, 2.24) is 5.32 Å². The van der Waals surface area contributed by atoms with E-state index in [0.717, 1.165) is 12.1 Å². The molecule has 2 rings (SSSR count). The Morgan fingerprint density at radius 1 is 0.917 bits per heavy atom. The molecule has 0 unspecified atom stereocenters. The third kappa shape index (κ3) is 7.35. The molecular weight excluding hydrogens is 531 g/mol. The molecule has 15 heteroatoms. The van der Waals surface area contributed by atoms with Crippen LogP contribution in [0, 0.1) is 0 Å². The number of halogens is 9. The van der Waals surface area contributed by atoms with E-state index in [1.807, 2.05) is 5.32 Å². The van der Waals surface area contributed by atoms with E-state index in [1.54, 1.807) is 0 Å². The van der Waals surface area contributed by atoms with Crippen molar-refractivity contribution in [3.05, 3.63) is 64.7 Å². The zero-order valence-corrected chi connectivity index (χ0v) is 19.1. The monoisotopic (exact) mass is 550 g/mol. The molecular formula is C21H19F9N2O3S. The summed E-state index contributed by atoms with van der Waals surface area (Å²) in [6, 6.07) is 4.12. The summed E-state index contributed by atoms with van der Waals surface area (Å²) in [5.74, 6) is -1.24. The second-order valence-electron chi connectivity index (χ2n) is 7.65. The topological polar surface area (TPSA) is 78.4 Å². The maximum Gasteiger partial charge on any atom is 0.423 e. The minimum absolute atomic E-state index is 0.103. The van der Waals surface area contributed by atoms with Gasteiger partial charge in [0.05, 0.1) is 17.7 Å². The average molecular weight is 550 g/mol. The van der Waals surface area contributed by atoms with Crippen LogP contribution in [-0.4, -0.2) is 40.0 Å². The number of aliphatic hydroxyl groups is 1. The van der Waals surface area contributed by atoms with Gasteiger partial charge in [0.25, 0.3) is 0 Å². The van der Waals surface area contributed by atoms with Crippen LogP contribution in [0.25, 0.3) is 0 Å². The van der Waals surface area contributed by atoms with Gasteiger partial charge in [-0.1, -0.05) is 18.2 Å². The highest BCUT2D eigenvalue weighted by Gasteiger charge is 2.55. The van der Waals surface area contributed by atoms with Gasteiger partial charge in [0.15, 0.2) is 0 Å². The number of anilines is 1. The Labute approximate surface area is 201 Å². The van der Waals surface area contributed by atoms with Crippen LogP contribution in [0.1, 0.15) is 22.3 Å². The van der Waals surface area contributed by atoms with E-state index in [2.05, 4.69) is 5.32 Å². The first kappa shape index (κ1) is 29.4. The van der Waals surface area contributed by atoms with Crippen molar-refractivity contribution >= 4 is 22.4 Å². The fourth-order valence-electron chi connectivity index (χ4n) is 3.08. The maximum absolute atomic E-state index is 13.7. The Morgan fingerprint density at radius 2 is 1.53 bits per heavy atom. The van der Waals surface area contributed by atoms with Gasteiger partial charge in [-0.15, -0.1) is 0 Å². The number of carbonyl (C=O) groups is 1. The number of nitrogens with one attached hydrogen (secondary N) is 2. The van der Waals surface area contributed by atoms with Crippen LogP contribution in [0.4, 0.5) is 45.2 Å². The smallest absolute Gasteiger partial charge is 0.381 e. The van der Waals surface area contributed by atoms with Gasteiger partial charge in [-0.05, 0) is 35.4 Å². The zero-order chi connectivity index (χ0) is 27.5. The van der Waals surface area contributed by atoms with E-state index in [0.29, 0.717) is 24.3 Å². The van der Waals surface area contributed by atoms with Crippen LogP contribution in [-0.2, 0) is 40.1 Å². The molecule has 5 nitrogen and oxygen atoms in total.